The molecule has 0 aliphatic carbocycles. The van der Waals surface area contributed by atoms with E-state index < -0.39 is 0 Å². The third kappa shape index (κ3) is 2.26. The Morgan fingerprint density at radius 2 is 2.00 bits per heavy atom. The number of benzene rings is 1. The minimum atomic E-state index is -0.0225. The van der Waals surface area contributed by atoms with Gasteiger partial charge in [0.15, 0.2) is 11.6 Å². The fraction of sp³-hybridized carbons (Fsp3) is 0.353. The number of fused-ring (bicyclic) bond motifs is 3. The molecule has 1 unspecified atom stereocenters. The van der Waals surface area contributed by atoms with Gasteiger partial charge in [-0.15, -0.1) is 0 Å². The van der Waals surface area contributed by atoms with Gasteiger partial charge in [0.2, 0.25) is 0 Å². The maximum absolute atomic E-state index is 12.8. The van der Waals surface area contributed by atoms with Crippen molar-refractivity contribution in [3.8, 4) is 22.9 Å². The molecule has 24 heavy (non-hydrogen) atoms. The first kappa shape index (κ1) is 15.4. The van der Waals surface area contributed by atoms with E-state index in [1.54, 1.807) is 9.13 Å². The Morgan fingerprint density at radius 1 is 1.25 bits per heavy atom. The second-order valence-electron chi connectivity index (χ2n) is 5.96. The van der Waals surface area contributed by atoms with Gasteiger partial charge in [0.05, 0.1) is 0 Å². The van der Waals surface area contributed by atoms with Crippen LogP contribution in [0.4, 0.5) is 5.82 Å². The van der Waals surface area contributed by atoms with Crippen molar-refractivity contribution in [2.75, 3.05) is 5.32 Å². The molecule has 3 aliphatic rings. The normalized spacial score (nSPS) is 16.4. The van der Waals surface area contributed by atoms with Gasteiger partial charge in [-0.25, -0.2) is 14.8 Å². The van der Waals surface area contributed by atoms with Crippen LogP contribution in [0.3, 0.4) is 0 Å². The Balaban J connectivity index is 1.94. The maximum Gasteiger partial charge on any atom is 0.331 e. The van der Waals surface area contributed by atoms with Gasteiger partial charge >= 0.3 is 5.69 Å². The molecule has 6 nitrogen and oxygen atoms in total. The van der Waals surface area contributed by atoms with E-state index >= 15 is 0 Å². The van der Waals surface area contributed by atoms with Crippen molar-refractivity contribution in [3.63, 3.8) is 0 Å². The van der Waals surface area contributed by atoms with E-state index in [2.05, 4.69) is 33.2 Å². The van der Waals surface area contributed by atoms with Gasteiger partial charge in [-0.05, 0) is 25.5 Å². The highest BCUT2D eigenvalue weighted by Gasteiger charge is 2.30. The average molecular weight is 388 g/mol. The van der Waals surface area contributed by atoms with E-state index in [0.29, 0.717) is 24.7 Å². The molecule has 1 atom stereocenters. The number of nitrogens with one attached hydrogen (secondary N) is 1. The second-order valence-corrected chi connectivity index (χ2v) is 6.88. The summed E-state index contributed by atoms with van der Waals surface area (Å²) in [5.74, 6) is 2.09. The fourth-order valence-corrected chi connectivity index (χ4v) is 3.42. The summed E-state index contributed by atoms with van der Waals surface area (Å²) in [6.45, 7) is 5.33. The molecule has 4 rings (SSSR count). The van der Waals surface area contributed by atoms with Crippen LogP contribution in [0.25, 0.3) is 22.9 Å². The molecule has 3 aliphatic heterocycles. The molecule has 0 aromatic heterocycles. The summed E-state index contributed by atoms with van der Waals surface area (Å²) >= 11 is 3.44. The van der Waals surface area contributed by atoms with Crippen molar-refractivity contribution in [2.24, 2.45) is 0 Å². The third-order valence-corrected chi connectivity index (χ3v) is 5.04. The quantitative estimate of drug-likeness (QED) is 0.749. The van der Waals surface area contributed by atoms with E-state index in [9.17, 15) is 4.79 Å². The SMILES string of the molecule is CCC1Cn2c(c3nc(-c4ccc(Br)cc4)nc-3n(CC)c2=O)N1. The van der Waals surface area contributed by atoms with Gasteiger partial charge in [-0.2, -0.15) is 0 Å². The molecule has 0 amide bonds. The Labute approximate surface area is 148 Å². The lowest BCUT2D eigenvalue weighted by Crippen LogP contribution is -2.31. The molecule has 0 saturated carbocycles. The molecule has 0 saturated heterocycles. The molecule has 1 N–H and O–H groups in total. The van der Waals surface area contributed by atoms with Gasteiger partial charge in [-0.1, -0.05) is 35.0 Å². The largest absolute Gasteiger partial charge is 0.365 e. The summed E-state index contributed by atoms with van der Waals surface area (Å²) < 4.78 is 4.50. The van der Waals surface area contributed by atoms with Crippen LogP contribution >= 0.6 is 15.9 Å². The van der Waals surface area contributed by atoms with Crippen LogP contribution in [0.5, 0.6) is 0 Å². The van der Waals surface area contributed by atoms with Crippen molar-refractivity contribution in [3.05, 3.63) is 39.2 Å². The van der Waals surface area contributed by atoms with Crippen LogP contribution in [-0.2, 0) is 13.1 Å². The molecule has 1 aromatic rings. The summed E-state index contributed by atoms with van der Waals surface area (Å²) in [4.78, 5) is 22.2. The van der Waals surface area contributed by atoms with Gasteiger partial charge in [-0.3, -0.25) is 9.13 Å². The maximum atomic E-state index is 12.8. The molecular formula is C17H18BrN5O. The average Bonchev–Trinajstić information content (AvgIpc) is 3.20. The lowest BCUT2D eigenvalue weighted by molar-refractivity contribution is 0.573. The Bertz CT molecular complexity index is 927. The van der Waals surface area contributed by atoms with Gasteiger partial charge in [0.25, 0.3) is 0 Å². The van der Waals surface area contributed by atoms with Crippen molar-refractivity contribution >= 4 is 21.7 Å². The third-order valence-electron chi connectivity index (χ3n) is 4.51. The van der Waals surface area contributed by atoms with Gasteiger partial charge < -0.3 is 5.32 Å². The summed E-state index contributed by atoms with van der Waals surface area (Å²) in [5.41, 5.74) is 1.68. The van der Waals surface area contributed by atoms with E-state index in [4.69, 9.17) is 4.98 Å². The van der Waals surface area contributed by atoms with Gasteiger partial charge in [0.1, 0.15) is 11.5 Å². The van der Waals surface area contributed by atoms with Gasteiger partial charge in [0, 0.05) is 29.2 Å². The van der Waals surface area contributed by atoms with Crippen LogP contribution in [0.2, 0.25) is 0 Å². The zero-order valence-electron chi connectivity index (χ0n) is 13.6. The van der Waals surface area contributed by atoms with Crippen LogP contribution < -0.4 is 11.0 Å². The number of anilines is 1. The number of nitrogens with zero attached hydrogens (tertiary/aromatic N) is 4. The predicted molar refractivity (Wildman–Crippen MR) is 97.4 cm³/mol. The molecular weight excluding hydrogens is 370 g/mol. The Kier molecular flexibility index (Phi) is 3.68. The lowest BCUT2D eigenvalue weighted by Gasteiger charge is -2.12. The smallest absolute Gasteiger partial charge is 0.331 e. The summed E-state index contributed by atoms with van der Waals surface area (Å²) in [6.07, 6.45) is 0.961. The van der Waals surface area contributed by atoms with Crippen LogP contribution in [0.1, 0.15) is 20.3 Å². The van der Waals surface area contributed by atoms with Crippen LogP contribution in [-0.4, -0.2) is 25.1 Å². The molecule has 0 spiro atoms. The molecule has 3 heterocycles. The zero-order valence-corrected chi connectivity index (χ0v) is 15.2. The van der Waals surface area contributed by atoms with Crippen molar-refractivity contribution < 1.29 is 0 Å². The Hall–Kier alpha value is -2.15. The standard InChI is InChI=1S/C17H18BrN5O/c1-3-12-9-23-15(19-12)13-16(22(4-2)17(23)24)21-14(20-13)10-5-7-11(18)8-6-10/h5-8,12,19H,3-4,9H2,1-2H3. The number of hydrogen-bond donors (Lipinski definition) is 1. The summed E-state index contributed by atoms with van der Waals surface area (Å²) in [7, 11) is 0. The minimum absolute atomic E-state index is 0.0225. The van der Waals surface area contributed by atoms with Crippen molar-refractivity contribution in [2.45, 2.75) is 39.4 Å². The molecule has 0 radical (unpaired) electrons. The van der Waals surface area contributed by atoms with Crippen LogP contribution in [0.15, 0.2) is 33.5 Å². The van der Waals surface area contributed by atoms with E-state index in [-0.39, 0.29) is 11.7 Å². The first-order chi connectivity index (χ1) is 11.6. The van der Waals surface area contributed by atoms with Crippen molar-refractivity contribution in [1.82, 2.24) is 19.1 Å². The summed E-state index contributed by atoms with van der Waals surface area (Å²) in [6, 6.07) is 8.15. The van der Waals surface area contributed by atoms with E-state index in [0.717, 1.165) is 28.0 Å². The highest BCUT2D eigenvalue weighted by Crippen LogP contribution is 2.33. The van der Waals surface area contributed by atoms with Crippen molar-refractivity contribution in [1.29, 1.82) is 0 Å². The first-order valence-corrected chi connectivity index (χ1v) is 8.95. The highest BCUT2D eigenvalue weighted by molar-refractivity contribution is 9.10. The molecule has 0 fully saturated rings. The number of halogens is 1. The minimum Gasteiger partial charge on any atom is -0.365 e. The predicted octanol–water partition coefficient (Wildman–Crippen LogP) is 3.20. The summed E-state index contributed by atoms with van der Waals surface area (Å²) in [5, 5.41) is 3.43. The number of imidazole rings is 1. The molecule has 7 heteroatoms. The lowest BCUT2D eigenvalue weighted by atomic mass is 10.2. The second kappa shape index (κ2) is 5.73. The fourth-order valence-electron chi connectivity index (χ4n) is 3.16. The molecule has 1 aromatic carbocycles. The van der Waals surface area contributed by atoms with E-state index in [1.165, 1.54) is 0 Å². The van der Waals surface area contributed by atoms with Crippen LogP contribution in [0, 0.1) is 0 Å². The van der Waals surface area contributed by atoms with E-state index in [1.807, 2.05) is 31.2 Å². The number of rotatable bonds is 3. The topological polar surface area (TPSA) is 64.7 Å². The molecule has 0 bridgehead atoms. The zero-order chi connectivity index (χ0) is 16.8. The monoisotopic (exact) mass is 387 g/mol. The number of hydrogen-bond acceptors (Lipinski definition) is 4. The molecule has 124 valence electrons. The Morgan fingerprint density at radius 3 is 2.67 bits per heavy atom. The number of aromatic nitrogens is 4. The highest BCUT2D eigenvalue weighted by atomic mass is 79.9. The first-order valence-electron chi connectivity index (χ1n) is 8.16.